The van der Waals surface area contributed by atoms with E-state index in [4.69, 9.17) is 10.00 Å². The summed E-state index contributed by atoms with van der Waals surface area (Å²) in [4.78, 5) is 0. The van der Waals surface area contributed by atoms with Crippen molar-refractivity contribution in [2.75, 3.05) is 13.7 Å². The summed E-state index contributed by atoms with van der Waals surface area (Å²) in [6.07, 6.45) is 0.857. The highest BCUT2D eigenvalue weighted by atomic mass is 19.1. The Morgan fingerprint density at radius 3 is 2.81 bits per heavy atom. The molecule has 0 saturated heterocycles. The van der Waals surface area contributed by atoms with Crippen LogP contribution in [0.3, 0.4) is 0 Å². The summed E-state index contributed by atoms with van der Waals surface area (Å²) in [7, 11) is 1.50. The van der Waals surface area contributed by atoms with E-state index in [1.54, 1.807) is 6.07 Å². The number of hydrogen-bond donors (Lipinski definition) is 1. The highest BCUT2D eigenvalue weighted by molar-refractivity contribution is 5.47. The number of nitrogens with two attached hydrogens (primary N) is 1. The van der Waals surface area contributed by atoms with E-state index in [1.165, 1.54) is 13.1 Å². The number of benzene rings is 1. The SMILES string of the molecule is CCC1COc2cc(C#N)cc(F)c21.CN. The first-order chi connectivity index (χ1) is 7.76. The zero-order chi connectivity index (χ0) is 12.1. The van der Waals surface area contributed by atoms with E-state index in [9.17, 15) is 4.39 Å². The molecule has 0 spiro atoms. The lowest BCUT2D eigenvalue weighted by Crippen LogP contribution is -1.99. The van der Waals surface area contributed by atoms with Crippen LogP contribution in [0.2, 0.25) is 0 Å². The lowest BCUT2D eigenvalue weighted by Gasteiger charge is -2.05. The van der Waals surface area contributed by atoms with Gasteiger partial charge in [0.25, 0.3) is 0 Å². The summed E-state index contributed by atoms with van der Waals surface area (Å²) < 4.78 is 18.9. The molecule has 3 nitrogen and oxygen atoms in total. The summed E-state index contributed by atoms with van der Waals surface area (Å²) in [5.74, 6) is 0.356. The molecule has 1 aromatic rings. The number of nitrogens with zero attached hydrogens (tertiary/aromatic N) is 1. The number of ether oxygens (including phenoxy) is 1. The van der Waals surface area contributed by atoms with Crippen LogP contribution in [0, 0.1) is 17.1 Å². The van der Waals surface area contributed by atoms with Crippen LogP contribution >= 0.6 is 0 Å². The fraction of sp³-hybridized carbons (Fsp3) is 0.417. The second kappa shape index (κ2) is 5.47. The highest BCUT2D eigenvalue weighted by Gasteiger charge is 2.26. The van der Waals surface area contributed by atoms with Crippen LogP contribution in [0.5, 0.6) is 5.75 Å². The lowest BCUT2D eigenvalue weighted by atomic mass is 9.97. The van der Waals surface area contributed by atoms with E-state index in [-0.39, 0.29) is 11.7 Å². The molecule has 0 fully saturated rings. The van der Waals surface area contributed by atoms with Gasteiger partial charge in [0.15, 0.2) is 0 Å². The monoisotopic (exact) mass is 222 g/mol. The van der Waals surface area contributed by atoms with Gasteiger partial charge in [-0.3, -0.25) is 0 Å². The number of nitriles is 1. The Balaban J connectivity index is 0.000000606. The number of rotatable bonds is 1. The smallest absolute Gasteiger partial charge is 0.131 e. The van der Waals surface area contributed by atoms with Crippen molar-refractivity contribution in [2.45, 2.75) is 19.3 Å². The quantitative estimate of drug-likeness (QED) is 0.792. The maximum absolute atomic E-state index is 13.5. The second-order valence-corrected chi connectivity index (χ2v) is 3.40. The molecule has 2 rings (SSSR count). The minimum Gasteiger partial charge on any atom is -0.492 e. The molecule has 86 valence electrons. The van der Waals surface area contributed by atoms with E-state index < -0.39 is 0 Å². The molecule has 0 amide bonds. The second-order valence-electron chi connectivity index (χ2n) is 3.40. The van der Waals surface area contributed by atoms with Gasteiger partial charge >= 0.3 is 0 Å². The van der Waals surface area contributed by atoms with Crippen LogP contribution in [0.1, 0.15) is 30.4 Å². The van der Waals surface area contributed by atoms with Crippen molar-refractivity contribution in [1.82, 2.24) is 0 Å². The fourth-order valence-corrected chi connectivity index (χ4v) is 1.77. The topological polar surface area (TPSA) is 59.0 Å². The Labute approximate surface area is 94.6 Å². The third-order valence-corrected chi connectivity index (χ3v) is 2.56. The summed E-state index contributed by atoms with van der Waals surface area (Å²) >= 11 is 0. The predicted molar refractivity (Wildman–Crippen MR) is 59.8 cm³/mol. The molecule has 0 bridgehead atoms. The zero-order valence-corrected chi connectivity index (χ0v) is 9.46. The Kier molecular flexibility index (Phi) is 4.27. The molecule has 0 saturated carbocycles. The first kappa shape index (κ1) is 12.5. The summed E-state index contributed by atoms with van der Waals surface area (Å²) in [6, 6.07) is 4.79. The van der Waals surface area contributed by atoms with Crippen molar-refractivity contribution >= 4 is 0 Å². The van der Waals surface area contributed by atoms with Gasteiger partial charge < -0.3 is 10.5 Å². The Bertz CT molecular complexity index is 412. The summed E-state index contributed by atoms with van der Waals surface area (Å²) in [6.45, 7) is 2.53. The molecule has 1 aromatic carbocycles. The van der Waals surface area contributed by atoms with Crippen molar-refractivity contribution in [3.05, 3.63) is 29.1 Å². The summed E-state index contributed by atoms with van der Waals surface area (Å²) in [5.41, 5.74) is 5.45. The van der Waals surface area contributed by atoms with Gasteiger partial charge in [-0.25, -0.2) is 4.39 Å². The van der Waals surface area contributed by atoms with Gasteiger partial charge in [0.2, 0.25) is 0 Å². The van der Waals surface area contributed by atoms with Crippen molar-refractivity contribution < 1.29 is 9.13 Å². The predicted octanol–water partition coefficient (Wildman–Crippen LogP) is 2.16. The Morgan fingerprint density at radius 1 is 1.56 bits per heavy atom. The van der Waals surface area contributed by atoms with Gasteiger partial charge in [0.05, 0.1) is 18.2 Å². The van der Waals surface area contributed by atoms with Gasteiger partial charge in [0, 0.05) is 11.5 Å². The maximum Gasteiger partial charge on any atom is 0.131 e. The van der Waals surface area contributed by atoms with Gasteiger partial charge in [-0.15, -0.1) is 0 Å². The van der Waals surface area contributed by atoms with E-state index in [1.807, 2.05) is 13.0 Å². The lowest BCUT2D eigenvalue weighted by molar-refractivity contribution is 0.328. The molecular weight excluding hydrogens is 207 g/mol. The van der Waals surface area contributed by atoms with Crippen molar-refractivity contribution in [1.29, 1.82) is 5.26 Å². The van der Waals surface area contributed by atoms with Crippen LogP contribution in [-0.2, 0) is 0 Å². The van der Waals surface area contributed by atoms with E-state index in [0.717, 1.165) is 6.42 Å². The minimum absolute atomic E-state index is 0.137. The standard InChI is InChI=1S/C11H10FNO.CH5N/c1-2-8-6-14-10-4-7(5-13)3-9(12)11(8)10;1-2/h3-4,8H,2,6H2,1H3;2H2,1H3. The van der Waals surface area contributed by atoms with Crippen molar-refractivity contribution in [3.8, 4) is 11.8 Å². The molecule has 1 atom stereocenters. The van der Waals surface area contributed by atoms with Gasteiger partial charge in [0.1, 0.15) is 11.6 Å². The van der Waals surface area contributed by atoms with Crippen LogP contribution in [0.25, 0.3) is 0 Å². The largest absolute Gasteiger partial charge is 0.492 e. The molecule has 16 heavy (non-hydrogen) atoms. The van der Waals surface area contributed by atoms with Crippen LogP contribution in [0.15, 0.2) is 12.1 Å². The average molecular weight is 222 g/mol. The molecule has 2 N–H and O–H groups in total. The highest BCUT2D eigenvalue weighted by Crippen LogP contribution is 2.38. The average Bonchev–Trinajstić information content (AvgIpc) is 2.75. The van der Waals surface area contributed by atoms with Crippen molar-refractivity contribution in [3.63, 3.8) is 0 Å². The Morgan fingerprint density at radius 2 is 2.25 bits per heavy atom. The first-order valence-corrected chi connectivity index (χ1v) is 5.20. The van der Waals surface area contributed by atoms with Gasteiger partial charge in [-0.2, -0.15) is 5.26 Å². The fourth-order valence-electron chi connectivity index (χ4n) is 1.77. The Hall–Kier alpha value is -1.60. The third kappa shape index (κ3) is 2.15. The first-order valence-electron chi connectivity index (χ1n) is 5.20. The molecule has 0 aliphatic carbocycles. The molecule has 1 heterocycles. The van der Waals surface area contributed by atoms with Crippen molar-refractivity contribution in [2.24, 2.45) is 5.73 Å². The number of hydrogen-bond acceptors (Lipinski definition) is 3. The maximum atomic E-state index is 13.5. The minimum atomic E-state index is -0.316. The van der Waals surface area contributed by atoms with Crippen LogP contribution < -0.4 is 10.5 Å². The molecule has 0 radical (unpaired) electrons. The summed E-state index contributed by atoms with van der Waals surface area (Å²) in [5, 5.41) is 8.64. The molecule has 1 unspecified atom stereocenters. The third-order valence-electron chi connectivity index (χ3n) is 2.56. The normalized spacial score (nSPS) is 16.6. The number of halogens is 1. The molecule has 1 aliphatic rings. The van der Waals surface area contributed by atoms with Gasteiger partial charge in [-0.05, 0) is 25.6 Å². The van der Waals surface area contributed by atoms with Gasteiger partial charge in [-0.1, -0.05) is 6.92 Å². The van der Waals surface area contributed by atoms with E-state index >= 15 is 0 Å². The van der Waals surface area contributed by atoms with Crippen LogP contribution in [0.4, 0.5) is 4.39 Å². The molecular formula is C12H15FN2O. The molecule has 1 aliphatic heterocycles. The molecule has 0 aromatic heterocycles. The number of fused-ring (bicyclic) bond motifs is 1. The van der Waals surface area contributed by atoms with E-state index in [0.29, 0.717) is 23.5 Å². The molecule has 4 heteroatoms. The van der Waals surface area contributed by atoms with E-state index in [2.05, 4.69) is 5.73 Å². The zero-order valence-electron chi connectivity index (χ0n) is 9.46. The van der Waals surface area contributed by atoms with Crippen LogP contribution in [-0.4, -0.2) is 13.7 Å².